The molecule has 0 atom stereocenters. The molecule has 0 aliphatic rings. The number of halogens is 4. The second-order valence-corrected chi connectivity index (χ2v) is 22.0. The van der Waals surface area contributed by atoms with Crippen molar-refractivity contribution in [1.29, 1.82) is 0 Å². The summed E-state index contributed by atoms with van der Waals surface area (Å²) in [5.74, 6) is 4.19. The van der Waals surface area contributed by atoms with Crippen molar-refractivity contribution in [2.24, 2.45) is 0 Å². The van der Waals surface area contributed by atoms with Crippen molar-refractivity contribution in [3.63, 3.8) is 0 Å². The normalized spacial score (nSPS) is 9.45. The second-order valence-electron chi connectivity index (χ2n) is 21.2. The summed E-state index contributed by atoms with van der Waals surface area (Å²) in [7, 11) is 7.01. The quantitative estimate of drug-likeness (QED) is 0.0159. The first kappa shape index (κ1) is 106. The van der Waals surface area contributed by atoms with Gasteiger partial charge < -0.3 is 51.6 Å². The fraction of sp³-hybridized carbons (Fsp3) is 0.195. The van der Waals surface area contributed by atoms with Crippen LogP contribution >= 0.6 is 32.9 Å². The molecule has 0 aliphatic heterocycles. The Morgan fingerprint density at radius 3 is 1.21 bits per heavy atom. The number of fused-ring (bicyclic) bond motifs is 10. The summed E-state index contributed by atoms with van der Waals surface area (Å²) >= 11 is 2.87. The van der Waals surface area contributed by atoms with E-state index in [2.05, 4.69) is 60.7 Å². The predicted molar refractivity (Wildman–Crippen MR) is 447 cm³/mol. The minimum atomic E-state index is -0.833. The van der Waals surface area contributed by atoms with Gasteiger partial charge in [0, 0.05) is 79.5 Å². The number of hydrogen-bond acceptors (Lipinski definition) is 18. The molecule has 15 rings (SSSR count). The number of benzene rings is 8. The van der Waals surface area contributed by atoms with Gasteiger partial charge in [0.25, 0.3) is 12.4 Å². The fourth-order valence-electron chi connectivity index (χ4n) is 9.44. The summed E-state index contributed by atoms with van der Waals surface area (Å²) in [6.45, 7) is 0.220. The number of imidazole rings is 4. The van der Waals surface area contributed by atoms with Crippen molar-refractivity contribution in [2.75, 3.05) is 59.3 Å². The third kappa shape index (κ3) is 31.6. The van der Waals surface area contributed by atoms with Crippen molar-refractivity contribution < 1.29 is 162 Å². The summed E-state index contributed by atoms with van der Waals surface area (Å²) in [5, 5.41) is 25.6. The number of ketones is 1. The van der Waals surface area contributed by atoms with Gasteiger partial charge in [-0.15, -0.1) is 17.0 Å². The van der Waals surface area contributed by atoms with E-state index < -0.39 is 12.6 Å². The number of carboxylic acid groups (broad SMARTS) is 1. The molecule has 29 heteroatoms. The van der Waals surface area contributed by atoms with E-state index in [-0.39, 0.29) is 204 Å². The Morgan fingerprint density at radius 2 is 0.874 bits per heavy atom. The van der Waals surface area contributed by atoms with E-state index in [4.69, 9.17) is 39.9 Å². The van der Waals surface area contributed by atoms with Crippen LogP contribution in [0.4, 0.5) is 14.7 Å². The Balaban J connectivity index is -0.000000622. The number of alkyl halides is 3. The van der Waals surface area contributed by atoms with Gasteiger partial charge in [-0.25, -0.2) is 39.3 Å². The maximum atomic E-state index is 12.1. The summed E-state index contributed by atoms with van der Waals surface area (Å²) < 4.78 is 44.2. The molecule has 5 N–H and O–H groups in total. The Morgan fingerprint density at radius 1 is 0.541 bits per heavy atom. The molecular weight excluding hydrogens is 1600 g/mol. The van der Waals surface area contributed by atoms with E-state index in [1.165, 1.54) is 0 Å². The van der Waals surface area contributed by atoms with Crippen LogP contribution in [0.15, 0.2) is 243 Å². The Bertz CT molecular complexity index is 5150. The first-order valence-corrected chi connectivity index (χ1v) is 31.9. The molecule has 15 aromatic rings. The number of aromatic nitrogens is 11. The number of nitrogens with one attached hydrogen (secondary N) is 1. The average molecular weight is 1700 g/mol. The summed E-state index contributed by atoms with van der Waals surface area (Å²) in [4.78, 5) is 68.1. The minimum Gasteiger partial charge on any atom is -1.00 e. The maximum absolute atomic E-state index is 12.1. The van der Waals surface area contributed by atoms with Crippen molar-refractivity contribution in [3.05, 3.63) is 249 Å². The molecule has 23 nitrogen and oxygen atoms in total. The number of nitrogens with two attached hydrogens (primary N) is 1. The van der Waals surface area contributed by atoms with Crippen LogP contribution < -0.4 is 128 Å². The molecule has 0 fully saturated rings. The molecule has 582 valence electrons. The number of carboxylic acids is 1. The van der Waals surface area contributed by atoms with Crippen LogP contribution in [0.3, 0.4) is 0 Å². The van der Waals surface area contributed by atoms with Gasteiger partial charge in [-0.2, -0.15) is 0 Å². The molecule has 0 amide bonds. The molecule has 0 saturated heterocycles. The number of rotatable bonds is 13. The molecule has 0 unspecified atom stereocenters. The monoisotopic (exact) mass is 1700 g/mol. The molecule has 111 heavy (non-hydrogen) atoms. The fourth-order valence-corrected chi connectivity index (χ4v) is 9.44. The number of para-hydroxylation sites is 8. The number of aromatic hydroxyl groups is 1. The standard InChI is InChI=1S/C18H14FN3O.C17H13N3O.C16H11N3O.C12H15NO2.C7H7N3.C2H4BrF.C2H4O2.CH2O3.7CH4.BrH.2K.H/c19-10-12-23-14-7-5-13(6-8-14)15-9-11-22-17-4-2-1-3-16(17)21-18(22)20-15;1-21-13-8-6-12(7-9-13)14-10-11-20-16-5-3-2-4-15(16)19-17(20)18-14;20-12-7-5-11(6-8-12)13-9-10-19-15-4-2-1-3-14(15)18-16(19)17-13;1-13(2)9-8-12(14)10-4-6-11(15-3)7-5-10;8-7-9-5-3-1-2-4-6(5)10-7;3-1-2-4;1-2(3)4;2-1-4-3;;;;;;;;;;;/h1-9,11H,10,12H2;2-11H,1H3;1-10,20H;4-9H,1-3H3;1-4H,(H3,8,9,10);1-2H2;1H3,(H,3,4);1,3H;7*1H4;1H;;;/q;;;;;;;;;;;;;;;;2*+1;-1/p-1/b;;;9-8+;;;;;;;;;;;;;;;. The second kappa shape index (κ2) is 55.5. The molecule has 7 aromatic heterocycles. The minimum absolute atomic E-state index is 0. The number of phenolic OH excluding ortho intramolecular Hbond substituents is 1. The number of phenols is 1. The van der Waals surface area contributed by atoms with Crippen LogP contribution in [0.1, 0.15) is 70.7 Å². The average Bonchev–Trinajstić information content (AvgIpc) is 1.64. The van der Waals surface area contributed by atoms with Gasteiger partial charge in [0.1, 0.15) is 36.3 Å². The van der Waals surface area contributed by atoms with E-state index in [9.17, 15) is 18.7 Å². The van der Waals surface area contributed by atoms with Gasteiger partial charge in [-0.1, -0.05) is 116 Å². The number of carbonyl (C=O) groups excluding carboxylic acids is 2. The van der Waals surface area contributed by atoms with Crippen LogP contribution in [-0.2, 0) is 14.5 Å². The number of anilines is 1. The smallest absolute Gasteiger partial charge is 1.00 e. The summed E-state index contributed by atoms with van der Waals surface area (Å²) in [6.07, 6.45) is 9.23. The number of hydrogen-bond donors (Lipinski definition) is 4. The SMILES string of the molecule is Br.C.C.C.C.C.C.C.CC(=O)O.COc1ccc(-c2ccn3c(n2)nc2ccccc23)cc1.COc1ccc(C(=O)/C=C/N(C)C)cc1.FCCBr.FCCOc1ccc(-c2ccn3c(n2)nc2ccccc23)cc1.Nc1nc2ccccc2[nH]1.O=CO[O-].Oc1ccc(-c2ccn3c(n2)nc2ccccc23)cc1.[H-].[K+].[K+]. The predicted octanol–water partition coefficient (Wildman–Crippen LogP) is 12.8. The van der Waals surface area contributed by atoms with Gasteiger partial charge in [0.15, 0.2) is 11.7 Å². The molecule has 7 heterocycles. The molecular formula is C82H99Br2F2K2N13O10. The Hall–Kier alpha value is -8.93. The molecule has 0 bridgehead atoms. The van der Waals surface area contributed by atoms with Crippen LogP contribution in [0.25, 0.3) is 95.2 Å². The maximum Gasteiger partial charge on any atom is 1.00 e. The number of methoxy groups -OCH3 is 2. The Labute approximate surface area is 753 Å². The van der Waals surface area contributed by atoms with Gasteiger partial charge in [0.2, 0.25) is 17.3 Å². The number of ether oxygens (including phenoxy) is 3. The van der Waals surface area contributed by atoms with Crippen molar-refractivity contribution in [1.82, 2.24) is 58.0 Å². The Kier molecular flexibility index (Phi) is 53.1. The number of H-pyrrole nitrogens is 1. The first-order valence-electron chi connectivity index (χ1n) is 30.8. The molecule has 0 aliphatic carbocycles. The van der Waals surface area contributed by atoms with Crippen LogP contribution in [-0.4, -0.2) is 140 Å². The van der Waals surface area contributed by atoms with Gasteiger partial charge in [0.05, 0.1) is 82.1 Å². The summed E-state index contributed by atoms with van der Waals surface area (Å²) in [5.41, 5.74) is 19.5. The number of carbonyl (C=O) groups is 3. The van der Waals surface area contributed by atoms with Crippen molar-refractivity contribution >= 4 is 119 Å². The number of nitrogens with zero attached hydrogens (tertiary/aromatic N) is 11. The molecule has 8 aromatic carbocycles. The van der Waals surface area contributed by atoms with Gasteiger partial charge in [-0.3, -0.25) is 32.0 Å². The van der Waals surface area contributed by atoms with E-state index in [1.54, 1.807) is 62.9 Å². The van der Waals surface area contributed by atoms with E-state index >= 15 is 0 Å². The number of aromatic amines is 1. The topological polar surface area (TPSA) is 300 Å². The third-order valence-corrected chi connectivity index (χ3v) is 14.3. The molecule has 0 spiro atoms. The zero-order valence-corrected chi connectivity index (χ0v) is 67.2. The largest absolute Gasteiger partial charge is 1.00 e. The van der Waals surface area contributed by atoms with E-state index in [0.29, 0.717) is 39.9 Å². The van der Waals surface area contributed by atoms with Crippen LogP contribution in [0.2, 0.25) is 0 Å². The zero-order valence-electron chi connectivity index (χ0n) is 58.7. The number of aliphatic carboxylic acids is 1. The van der Waals surface area contributed by atoms with Gasteiger partial charge in [-0.05, 0) is 164 Å². The van der Waals surface area contributed by atoms with E-state index in [0.717, 1.165) is 96.3 Å². The molecule has 0 saturated carbocycles. The summed E-state index contributed by atoms with van der Waals surface area (Å²) in [6, 6.07) is 67.0. The first-order chi connectivity index (χ1) is 49.1. The van der Waals surface area contributed by atoms with Crippen molar-refractivity contribution in [2.45, 2.75) is 58.9 Å². The number of nitrogen functional groups attached to an aromatic ring is 1. The van der Waals surface area contributed by atoms with Crippen LogP contribution in [0.5, 0.6) is 23.0 Å². The third-order valence-electron chi connectivity index (χ3n) is 14.0. The number of allylic oxidation sites excluding steroid dienone is 1. The van der Waals surface area contributed by atoms with Gasteiger partial charge >= 0.3 is 103 Å². The van der Waals surface area contributed by atoms with Crippen molar-refractivity contribution in [3.8, 4) is 56.8 Å². The zero-order chi connectivity index (χ0) is 72.0. The molecule has 0 radical (unpaired) electrons. The van der Waals surface area contributed by atoms with E-state index in [1.807, 2.05) is 227 Å². The van der Waals surface area contributed by atoms with Crippen LogP contribution in [0, 0.1) is 0 Å².